The zero-order chi connectivity index (χ0) is 21.5. The molecule has 0 saturated heterocycles. The molecule has 0 aromatic heterocycles. The van der Waals surface area contributed by atoms with Crippen LogP contribution in [0.3, 0.4) is 0 Å². The molecule has 152 valence electrons. The van der Waals surface area contributed by atoms with E-state index >= 15 is 0 Å². The Kier molecular flexibility index (Phi) is 7.41. The third kappa shape index (κ3) is 6.29. The van der Waals surface area contributed by atoms with Crippen LogP contribution in [0.15, 0.2) is 72.8 Å². The maximum atomic E-state index is 12.4. The molecule has 0 atom stereocenters. The number of carbonyl (C=O) groups is 2. The predicted molar refractivity (Wildman–Crippen MR) is 125 cm³/mol. The highest BCUT2D eigenvalue weighted by Gasteiger charge is 2.11. The van der Waals surface area contributed by atoms with Gasteiger partial charge in [0, 0.05) is 16.4 Å². The molecule has 0 saturated carbocycles. The molecule has 0 aliphatic rings. The number of thiocarbonyl (C=S) groups is 1. The van der Waals surface area contributed by atoms with Crippen LogP contribution in [-0.2, 0) is 11.2 Å². The lowest BCUT2D eigenvalue weighted by atomic mass is 10.1. The zero-order valence-corrected chi connectivity index (χ0v) is 17.9. The molecule has 3 rings (SSSR count). The number of carbonyl (C=O) groups excluding carboxylic acids is 2. The van der Waals surface area contributed by atoms with Gasteiger partial charge >= 0.3 is 0 Å². The third-order valence-corrected chi connectivity index (χ3v) is 4.81. The van der Waals surface area contributed by atoms with E-state index in [1.807, 2.05) is 0 Å². The standard InChI is InChI=1S/C22H17Cl2N3O2S/c23-15-10-8-14(9-11-15)12-20(28)27-22(30)26-17-5-3-4-16(13-17)25-21(29)18-6-1-2-7-19(18)24/h1-11,13H,12H2,(H,25,29)(H2,26,27,28,30). The van der Waals surface area contributed by atoms with Crippen molar-refractivity contribution in [2.75, 3.05) is 10.6 Å². The van der Waals surface area contributed by atoms with Crippen molar-refractivity contribution >= 4 is 63.7 Å². The van der Waals surface area contributed by atoms with Gasteiger partial charge in [0.1, 0.15) is 0 Å². The Morgan fingerprint density at radius 1 is 0.833 bits per heavy atom. The average Bonchev–Trinajstić information content (AvgIpc) is 2.70. The minimum Gasteiger partial charge on any atom is -0.332 e. The molecule has 3 aromatic rings. The lowest BCUT2D eigenvalue weighted by Crippen LogP contribution is -2.35. The Labute approximate surface area is 189 Å². The fourth-order valence-electron chi connectivity index (χ4n) is 2.64. The number of hydrogen-bond donors (Lipinski definition) is 3. The smallest absolute Gasteiger partial charge is 0.257 e. The molecule has 0 aliphatic heterocycles. The van der Waals surface area contributed by atoms with Crippen molar-refractivity contribution in [2.24, 2.45) is 0 Å². The van der Waals surface area contributed by atoms with E-state index in [4.69, 9.17) is 35.4 Å². The number of hydrogen-bond acceptors (Lipinski definition) is 3. The Bertz CT molecular complexity index is 1090. The number of anilines is 2. The average molecular weight is 458 g/mol. The lowest BCUT2D eigenvalue weighted by Gasteiger charge is -2.12. The van der Waals surface area contributed by atoms with Crippen LogP contribution >= 0.6 is 35.4 Å². The maximum absolute atomic E-state index is 12.4. The highest BCUT2D eigenvalue weighted by Crippen LogP contribution is 2.19. The first-order chi connectivity index (χ1) is 14.4. The van der Waals surface area contributed by atoms with Gasteiger partial charge in [-0.3, -0.25) is 9.59 Å². The minimum atomic E-state index is -0.323. The van der Waals surface area contributed by atoms with Crippen molar-refractivity contribution in [3.63, 3.8) is 0 Å². The normalized spacial score (nSPS) is 10.2. The Balaban J connectivity index is 1.57. The van der Waals surface area contributed by atoms with Crippen molar-refractivity contribution in [3.05, 3.63) is 94.0 Å². The lowest BCUT2D eigenvalue weighted by molar-refractivity contribution is -0.119. The van der Waals surface area contributed by atoms with E-state index < -0.39 is 0 Å². The quantitative estimate of drug-likeness (QED) is 0.454. The van der Waals surface area contributed by atoms with Gasteiger partial charge in [0.15, 0.2) is 5.11 Å². The van der Waals surface area contributed by atoms with Gasteiger partial charge < -0.3 is 16.0 Å². The van der Waals surface area contributed by atoms with Crippen LogP contribution in [0.5, 0.6) is 0 Å². The summed E-state index contributed by atoms with van der Waals surface area (Å²) in [5.41, 5.74) is 2.37. The van der Waals surface area contributed by atoms with E-state index in [-0.39, 0.29) is 23.3 Å². The van der Waals surface area contributed by atoms with Gasteiger partial charge in [-0.05, 0) is 60.2 Å². The summed E-state index contributed by atoms with van der Waals surface area (Å²) in [7, 11) is 0. The van der Waals surface area contributed by atoms with E-state index in [0.717, 1.165) is 5.56 Å². The monoisotopic (exact) mass is 457 g/mol. The highest BCUT2D eigenvalue weighted by molar-refractivity contribution is 7.80. The molecule has 3 aromatic carbocycles. The molecule has 0 bridgehead atoms. The predicted octanol–water partition coefficient (Wildman–Crippen LogP) is 5.30. The molecule has 0 heterocycles. The number of rotatable bonds is 5. The van der Waals surface area contributed by atoms with E-state index in [0.29, 0.717) is 27.0 Å². The molecule has 0 unspecified atom stereocenters. The molecular weight excluding hydrogens is 441 g/mol. The van der Waals surface area contributed by atoms with Crippen molar-refractivity contribution in [1.82, 2.24) is 5.32 Å². The zero-order valence-electron chi connectivity index (χ0n) is 15.6. The molecule has 0 fully saturated rings. The molecule has 2 amide bonds. The summed E-state index contributed by atoms with van der Waals surface area (Å²) in [5, 5.41) is 9.48. The molecule has 30 heavy (non-hydrogen) atoms. The first kappa shape index (κ1) is 21.8. The van der Waals surface area contributed by atoms with E-state index in [1.165, 1.54) is 0 Å². The van der Waals surface area contributed by atoms with Crippen LogP contribution in [-0.4, -0.2) is 16.9 Å². The van der Waals surface area contributed by atoms with E-state index in [9.17, 15) is 9.59 Å². The van der Waals surface area contributed by atoms with Gasteiger partial charge in [0.05, 0.1) is 17.0 Å². The minimum absolute atomic E-state index is 0.156. The summed E-state index contributed by atoms with van der Waals surface area (Å²) >= 11 is 17.1. The van der Waals surface area contributed by atoms with Gasteiger partial charge in [0.2, 0.25) is 5.91 Å². The number of halogens is 2. The summed E-state index contributed by atoms with van der Waals surface area (Å²) in [6.07, 6.45) is 0.174. The molecule has 0 spiro atoms. The Morgan fingerprint density at radius 3 is 2.20 bits per heavy atom. The second-order valence-electron chi connectivity index (χ2n) is 6.32. The van der Waals surface area contributed by atoms with Gasteiger partial charge in [-0.1, -0.05) is 53.5 Å². The Morgan fingerprint density at radius 2 is 1.50 bits per heavy atom. The largest absolute Gasteiger partial charge is 0.332 e. The van der Waals surface area contributed by atoms with Crippen molar-refractivity contribution in [2.45, 2.75) is 6.42 Å². The summed E-state index contributed by atoms with van der Waals surface area (Å²) in [6, 6.07) is 20.8. The molecule has 8 heteroatoms. The number of benzene rings is 3. The second-order valence-corrected chi connectivity index (χ2v) is 7.57. The first-order valence-electron chi connectivity index (χ1n) is 8.92. The van der Waals surface area contributed by atoms with Crippen LogP contribution in [0.4, 0.5) is 11.4 Å². The summed E-state index contributed by atoms with van der Waals surface area (Å²) < 4.78 is 0. The summed E-state index contributed by atoms with van der Waals surface area (Å²) in [5.74, 6) is -0.574. The SMILES string of the molecule is O=C(Cc1ccc(Cl)cc1)NC(=S)Nc1cccc(NC(=O)c2ccccc2Cl)c1. The van der Waals surface area contributed by atoms with Gasteiger partial charge in [0.25, 0.3) is 5.91 Å². The maximum Gasteiger partial charge on any atom is 0.257 e. The van der Waals surface area contributed by atoms with Crippen LogP contribution in [0, 0.1) is 0 Å². The molecular formula is C22H17Cl2N3O2S. The van der Waals surface area contributed by atoms with Gasteiger partial charge in [-0.25, -0.2) is 0 Å². The fourth-order valence-corrected chi connectivity index (χ4v) is 3.22. The summed E-state index contributed by atoms with van der Waals surface area (Å²) in [4.78, 5) is 24.6. The molecule has 3 N–H and O–H groups in total. The van der Waals surface area contributed by atoms with Crippen LogP contribution in [0.1, 0.15) is 15.9 Å². The highest BCUT2D eigenvalue weighted by atomic mass is 35.5. The van der Waals surface area contributed by atoms with Gasteiger partial charge in [-0.15, -0.1) is 0 Å². The van der Waals surface area contributed by atoms with E-state index in [2.05, 4.69) is 16.0 Å². The molecule has 0 aliphatic carbocycles. The van der Waals surface area contributed by atoms with Crippen LogP contribution < -0.4 is 16.0 Å². The van der Waals surface area contributed by atoms with Crippen molar-refractivity contribution in [1.29, 1.82) is 0 Å². The topological polar surface area (TPSA) is 70.2 Å². The van der Waals surface area contributed by atoms with E-state index in [1.54, 1.807) is 72.8 Å². The van der Waals surface area contributed by atoms with Crippen molar-refractivity contribution < 1.29 is 9.59 Å². The fraction of sp³-hybridized carbons (Fsp3) is 0.0455. The first-order valence-corrected chi connectivity index (χ1v) is 10.1. The Hall–Kier alpha value is -2.93. The molecule has 0 radical (unpaired) electrons. The van der Waals surface area contributed by atoms with Crippen molar-refractivity contribution in [3.8, 4) is 0 Å². The third-order valence-electron chi connectivity index (χ3n) is 4.03. The number of amides is 2. The summed E-state index contributed by atoms with van der Waals surface area (Å²) in [6.45, 7) is 0. The second kappa shape index (κ2) is 10.2. The van der Waals surface area contributed by atoms with Crippen LogP contribution in [0.25, 0.3) is 0 Å². The van der Waals surface area contributed by atoms with Gasteiger partial charge in [-0.2, -0.15) is 0 Å². The molecule has 5 nitrogen and oxygen atoms in total. The van der Waals surface area contributed by atoms with Crippen LogP contribution in [0.2, 0.25) is 10.0 Å². The number of nitrogens with one attached hydrogen (secondary N) is 3.